The fourth-order valence-electron chi connectivity index (χ4n) is 2.25. The van der Waals surface area contributed by atoms with E-state index in [9.17, 15) is 9.59 Å². The van der Waals surface area contributed by atoms with Crippen molar-refractivity contribution in [2.75, 3.05) is 0 Å². The Bertz CT molecular complexity index is 899. The third-order valence-corrected chi connectivity index (χ3v) is 4.84. The van der Waals surface area contributed by atoms with E-state index in [4.69, 9.17) is 34.0 Å². The van der Waals surface area contributed by atoms with Crippen LogP contribution in [-0.4, -0.2) is 28.0 Å². The van der Waals surface area contributed by atoms with Crippen molar-refractivity contribution in [1.29, 1.82) is 10.8 Å². The molecule has 33 heavy (non-hydrogen) atoms. The van der Waals surface area contributed by atoms with Gasteiger partial charge in [-0.1, -0.05) is 67.4 Å². The van der Waals surface area contributed by atoms with Gasteiger partial charge in [-0.2, -0.15) is 0 Å². The normalized spacial score (nSPS) is 17.8. The molecule has 2 unspecified atom stereocenters. The first-order valence-electron chi connectivity index (χ1n) is 9.29. The summed E-state index contributed by atoms with van der Waals surface area (Å²) in [6, 6.07) is 4.84. The van der Waals surface area contributed by atoms with Crippen LogP contribution in [0.5, 0.6) is 0 Å². The number of Topliss-reactive ketones (excluding diaryl/α,β-unsaturated/α-hetero) is 2. The van der Waals surface area contributed by atoms with Crippen LogP contribution in [0.25, 0.3) is 0 Å². The predicted octanol–water partition coefficient (Wildman–Crippen LogP) is 0.162. The minimum absolute atomic E-state index is 0. The van der Waals surface area contributed by atoms with E-state index in [2.05, 4.69) is 4.98 Å². The molecule has 0 aromatic carbocycles. The Morgan fingerprint density at radius 3 is 1.39 bits per heavy atom. The fraction of sp³-hybridized carbons (Fsp3) is 0.261. The minimum Gasteiger partial charge on any atom is -1.00 e. The molecule has 0 spiro atoms. The molecule has 1 aromatic rings. The average Bonchev–Trinajstić information content (AvgIpc) is 2.71. The number of carbonyl (C=O) groups is 2. The Morgan fingerprint density at radius 1 is 0.818 bits per heavy atom. The first kappa shape index (κ1) is 36.0. The van der Waals surface area contributed by atoms with Gasteiger partial charge in [0.1, 0.15) is 11.4 Å². The molecule has 2 aliphatic rings. The van der Waals surface area contributed by atoms with Crippen LogP contribution in [-0.2, 0) is 16.8 Å². The van der Waals surface area contributed by atoms with Gasteiger partial charge in [0.2, 0.25) is 0 Å². The zero-order valence-corrected chi connectivity index (χ0v) is 22.5. The van der Waals surface area contributed by atoms with Gasteiger partial charge in [-0.15, -0.1) is 0 Å². The van der Waals surface area contributed by atoms with Crippen molar-refractivity contribution in [3.63, 3.8) is 0 Å². The molecule has 5 nitrogen and oxygen atoms in total. The summed E-state index contributed by atoms with van der Waals surface area (Å²) in [4.78, 5) is 25.6. The molecule has 2 aliphatic carbocycles. The Labute approximate surface area is 227 Å². The van der Waals surface area contributed by atoms with Crippen LogP contribution in [0.15, 0.2) is 64.7 Å². The van der Waals surface area contributed by atoms with Crippen molar-refractivity contribution in [1.82, 2.24) is 4.98 Å². The molecule has 10 heteroatoms. The van der Waals surface area contributed by atoms with E-state index in [1.54, 1.807) is 30.4 Å². The zero-order chi connectivity index (χ0) is 22.8. The maximum atomic E-state index is 10.8. The van der Waals surface area contributed by atoms with E-state index < -0.39 is 0 Å². The maximum absolute atomic E-state index is 10.8. The molecule has 0 amide bonds. The van der Waals surface area contributed by atoms with Crippen LogP contribution in [0.2, 0.25) is 0 Å². The molecule has 0 saturated heterocycles. The molecule has 0 bridgehead atoms. The third-order valence-electron chi connectivity index (χ3n) is 4.18. The fourth-order valence-corrected chi connectivity index (χ4v) is 2.74. The van der Waals surface area contributed by atoms with Crippen molar-refractivity contribution in [3.05, 3.63) is 76.1 Å². The molecular weight excluding hydrogens is 551 g/mol. The zero-order valence-electron chi connectivity index (χ0n) is 18.5. The van der Waals surface area contributed by atoms with Gasteiger partial charge in [0.15, 0.2) is 11.6 Å². The number of carbonyl (C=O) groups excluding carboxylic acids is 2. The quantitative estimate of drug-likeness (QED) is 0.492. The second kappa shape index (κ2) is 17.9. The first-order chi connectivity index (χ1) is 14.0. The van der Waals surface area contributed by atoms with E-state index >= 15 is 0 Å². The molecule has 2 N–H and O–H groups in total. The number of aromatic nitrogens is 1. The van der Waals surface area contributed by atoms with Crippen LogP contribution in [0.4, 0.5) is 0 Å². The monoisotopic (exact) mass is 574 g/mol. The van der Waals surface area contributed by atoms with E-state index in [0.29, 0.717) is 32.9 Å². The van der Waals surface area contributed by atoms with Crippen LogP contribution >= 0.6 is 23.2 Å². The Balaban J connectivity index is -0.000000396. The summed E-state index contributed by atoms with van der Waals surface area (Å²) in [7, 11) is 0. The number of nitrogens with zero attached hydrogens (tertiary/aromatic N) is 1. The van der Waals surface area contributed by atoms with Crippen LogP contribution < -0.4 is 24.8 Å². The molecule has 1 radical (unpaired) electrons. The Kier molecular flexibility index (Phi) is 19.5. The van der Waals surface area contributed by atoms with Gasteiger partial charge in [-0.05, 0) is 24.3 Å². The minimum atomic E-state index is -0.127. The number of hydrogen-bond acceptors (Lipinski definition) is 5. The predicted molar refractivity (Wildman–Crippen MR) is 124 cm³/mol. The number of nitrogens with one attached hydrogen (secondary N) is 2. The number of pyridine rings is 1. The summed E-state index contributed by atoms with van der Waals surface area (Å²) in [5.41, 5.74) is 1.70. The molecule has 1 aromatic heterocycles. The van der Waals surface area contributed by atoms with E-state index in [-0.39, 0.29) is 65.0 Å². The van der Waals surface area contributed by atoms with Crippen molar-refractivity contribution < 1.29 is 51.2 Å². The summed E-state index contributed by atoms with van der Waals surface area (Å²) < 4.78 is 0. The van der Waals surface area contributed by atoms with Gasteiger partial charge in [0, 0.05) is 25.7 Å². The molecule has 3 rings (SSSR count). The molecule has 2 atom stereocenters. The number of rotatable bonds is 2. The molecule has 181 valence electrons. The van der Waals surface area contributed by atoms with Crippen molar-refractivity contribution in [2.24, 2.45) is 11.8 Å². The van der Waals surface area contributed by atoms with Gasteiger partial charge in [0.05, 0.1) is 21.5 Å². The van der Waals surface area contributed by atoms with Gasteiger partial charge in [-0.25, -0.2) is 4.98 Å². The van der Waals surface area contributed by atoms with Gasteiger partial charge < -0.3 is 35.6 Å². The SMILES string of the molecule is CC(=O)c1cccc(C(C)=O)n1.CC1C=CC=C(Cl)C1=N.CC1C=CC=C(Cl)C1=N.[Cl-].[Cl-].[Co+2]. The first-order valence-corrected chi connectivity index (χ1v) is 10.0. The summed E-state index contributed by atoms with van der Waals surface area (Å²) in [5.74, 6) is 0.112. The van der Waals surface area contributed by atoms with Gasteiger partial charge in [-0.3, -0.25) is 9.59 Å². The Hall–Kier alpha value is -1.54. The molecule has 0 aliphatic heterocycles. The largest absolute Gasteiger partial charge is 2.00 e. The van der Waals surface area contributed by atoms with E-state index in [1.165, 1.54) is 13.8 Å². The second-order valence-corrected chi connectivity index (χ2v) is 7.54. The third kappa shape index (κ3) is 12.5. The Morgan fingerprint density at radius 2 is 1.15 bits per heavy atom. The number of halogens is 4. The van der Waals surface area contributed by atoms with Gasteiger partial charge >= 0.3 is 16.8 Å². The van der Waals surface area contributed by atoms with Crippen LogP contribution in [0.1, 0.15) is 48.7 Å². The second-order valence-electron chi connectivity index (χ2n) is 6.72. The average molecular weight is 576 g/mol. The molecule has 0 fully saturated rings. The number of allylic oxidation sites excluding steroid dienone is 8. The van der Waals surface area contributed by atoms with Gasteiger partial charge in [0.25, 0.3) is 0 Å². The van der Waals surface area contributed by atoms with E-state index in [1.807, 2.05) is 38.2 Å². The summed E-state index contributed by atoms with van der Waals surface area (Å²) in [6.45, 7) is 6.75. The number of ketones is 2. The molecular formula is C23H25Cl4CoN3O2. The summed E-state index contributed by atoms with van der Waals surface area (Å²) >= 11 is 11.3. The maximum Gasteiger partial charge on any atom is 2.00 e. The molecule has 1 heterocycles. The van der Waals surface area contributed by atoms with Crippen LogP contribution in [0.3, 0.4) is 0 Å². The van der Waals surface area contributed by atoms with Crippen molar-refractivity contribution in [2.45, 2.75) is 27.7 Å². The standard InChI is InChI=1S/C9H9NO2.2C7H8ClN.2ClH.Co/c1-6(11)8-4-3-5-9(10-8)7(2)12;2*1-5-3-2-4-6(8)7(5)9;;;/h3-5H,1-2H3;2*2-5,9H,1H3;2*1H;/q;;;;;+2/p-2. The van der Waals surface area contributed by atoms with Crippen molar-refractivity contribution in [3.8, 4) is 0 Å². The smallest absolute Gasteiger partial charge is 1.00 e. The molecule has 0 saturated carbocycles. The number of hydrogen-bond donors (Lipinski definition) is 2. The van der Waals surface area contributed by atoms with Crippen molar-refractivity contribution >= 4 is 46.2 Å². The van der Waals surface area contributed by atoms with Crippen LogP contribution in [0, 0.1) is 22.7 Å². The topological polar surface area (TPSA) is 94.7 Å². The summed E-state index contributed by atoms with van der Waals surface area (Å²) in [5, 5.41) is 15.8. The van der Waals surface area contributed by atoms with E-state index in [0.717, 1.165) is 0 Å². The summed E-state index contributed by atoms with van der Waals surface area (Å²) in [6.07, 6.45) is 11.1.